The molecule has 0 amide bonds. The number of carbonyl (C=O) groups is 1. The van der Waals surface area contributed by atoms with Crippen LogP contribution in [0.4, 0.5) is 0 Å². The predicted octanol–water partition coefficient (Wildman–Crippen LogP) is 4.60. The van der Waals surface area contributed by atoms with E-state index < -0.39 is 0 Å². The maximum atomic E-state index is 11.4. The quantitative estimate of drug-likeness (QED) is 0.773. The number of rotatable bonds is 3. The second kappa shape index (κ2) is 6.61. The van der Waals surface area contributed by atoms with Gasteiger partial charge in [-0.15, -0.1) is 0 Å². The Morgan fingerprint density at radius 2 is 1.50 bits per heavy atom. The fourth-order valence-corrected chi connectivity index (χ4v) is 3.18. The minimum atomic E-state index is -0.204. The number of benzene rings is 2. The monoisotopic (exact) mass is 292 g/mol. The second-order valence-electron chi connectivity index (χ2n) is 5.62. The molecule has 0 spiro atoms. The van der Waals surface area contributed by atoms with Gasteiger partial charge in [-0.1, -0.05) is 60.7 Å². The zero-order valence-electron chi connectivity index (χ0n) is 12.8. The van der Waals surface area contributed by atoms with Crippen LogP contribution in [0.2, 0.25) is 0 Å². The Morgan fingerprint density at radius 1 is 0.955 bits per heavy atom. The molecule has 1 aliphatic rings. The Bertz CT molecular complexity index is 630. The summed E-state index contributed by atoms with van der Waals surface area (Å²) in [5.41, 5.74) is 4.82. The molecule has 1 fully saturated rings. The number of hydrogen-bond donors (Lipinski definition) is 0. The Morgan fingerprint density at radius 3 is 2.00 bits per heavy atom. The molecule has 0 saturated heterocycles. The molecule has 0 bridgehead atoms. The number of esters is 1. The van der Waals surface area contributed by atoms with E-state index in [0.29, 0.717) is 0 Å². The van der Waals surface area contributed by atoms with Gasteiger partial charge in [0.05, 0.1) is 0 Å². The van der Waals surface area contributed by atoms with E-state index in [1.807, 2.05) is 12.1 Å². The summed E-state index contributed by atoms with van der Waals surface area (Å²) in [5.74, 6) is -0.204. The molecule has 0 radical (unpaired) electrons. The van der Waals surface area contributed by atoms with Crippen molar-refractivity contribution in [1.82, 2.24) is 0 Å². The first-order chi connectivity index (χ1) is 10.8. The van der Waals surface area contributed by atoms with E-state index >= 15 is 0 Å². The molecule has 1 atom stereocenters. The van der Waals surface area contributed by atoms with E-state index in [9.17, 15) is 4.79 Å². The minimum absolute atomic E-state index is 0.0899. The smallest absolute Gasteiger partial charge is 0.303 e. The summed E-state index contributed by atoms with van der Waals surface area (Å²) in [5, 5.41) is 0. The van der Waals surface area contributed by atoms with Crippen LogP contribution in [0.15, 0.2) is 66.2 Å². The van der Waals surface area contributed by atoms with Crippen LogP contribution >= 0.6 is 0 Å². The van der Waals surface area contributed by atoms with E-state index in [1.165, 1.54) is 29.2 Å². The van der Waals surface area contributed by atoms with Gasteiger partial charge >= 0.3 is 5.97 Å². The first kappa shape index (κ1) is 14.6. The van der Waals surface area contributed by atoms with Crippen LogP contribution in [0.3, 0.4) is 0 Å². The van der Waals surface area contributed by atoms with E-state index in [1.54, 1.807) is 0 Å². The van der Waals surface area contributed by atoms with Crippen molar-refractivity contribution in [3.05, 3.63) is 77.4 Å². The summed E-state index contributed by atoms with van der Waals surface area (Å²) in [6.45, 7) is 1.49. The van der Waals surface area contributed by atoms with E-state index in [2.05, 4.69) is 48.5 Å². The van der Waals surface area contributed by atoms with Gasteiger partial charge in [-0.05, 0) is 41.5 Å². The van der Waals surface area contributed by atoms with Gasteiger partial charge < -0.3 is 4.74 Å². The molecule has 0 aromatic heterocycles. The zero-order valence-corrected chi connectivity index (χ0v) is 12.8. The lowest BCUT2D eigenvalue weighted by Crippen LogP contribution is -2.15. The molecule has 0 heterocycles. The van der Waals surface area contributed by atoms with Crippen LogP contribution in [0.5, 0.6) is 0 Å². The van der Waals surface area contributed by atoms with E-state index in [-0.39, 0.29) is 12.1 Å². The average molecular weight is 292 g/mol. The molecule has 0 N–H and O–H groups in total. The first-order valence-corrected chi connectivity index (χ1v) is 7.77. The van der Waals surface area contributed by atoms with Crippen LogP contribution in [0, 0.1) is 0 Å². The van der Waals surface area contributed by atoms with Gasteiger partial charge in [0.2, 0.25) is 0 Å². The SMILES string of the molecule is CC(=O)OC1CCCC1=C(c1ccccc1)c1ccccc1. The highest BCUT2D eigenvalue weighted by atomic mass is 16.5. The molecule has 0 aliphatic heterocycles. The Balaban J connectivity index is 2.12. The van der Waals surface area contributed by atoms with Gasteiger partial charge in [-0.25, -0.2) is 0 Å². The first-order valence-electron chi connectivity index (χ1n) is 7.77. The summed E-state index contributed by atoms with van der Waals surface area (Å²) < 4.78 is 5.55. The largest absolute Gasteiger partial charge is 0.458 e. The van der Waals surface area contributed by atoms with Crippen LogP contribution in [-0.4, -0.2) is 12.1 Å². The predicted molar refractivity (Wildman–Crippen MR) is 88.3 cm³/mol. The Hall–Kier alpha value is -2.35. The van der Waals surface area contributed by atoms with Crippen LogP contribution in [0.1, 0.15) is 37.3 Å². The van der Waals surface area contributed by atoms with Gasteiger partial charge in [0, 0.05) is 6.92 Å². The molecule has 112 valence electrons. The van der Waals surface area contributed by atoms with Gasteiger partial charge in [0.15, 0.2) is 0 Å². The highest BCUT2D eigenvalue weighted by molar-refractivity contribution is 5.83. The van der Waals surface area contributed by atoms with Crippen molar-refractivity contribution in [3.8, 4) is 0 Å². The fourth-order valence-electron chi connectivity index (χ4n) is 3.18. The van der Waals surface area contributed by atoms with Crippen LogP contribution < -0.4 is 0 Å². The summed E-state index contributed by atoms with van der Waals surface area (Å²) in [6, 6.07) is 20.7. The molecule has 2 nitrogen and oxygen atoms in total. The van der Waals surface area contributed by atoms with Gasteiger partial charge in [-0.2, -0.15) is 0 Å². The third-order valence-corrected chi connectivity index (χ3v) is 4.06. The molecule has 2 aromatic carbocycles. The molecular formula is C20H20O2. The molecule has 1 saturated carbocycles. The average Bonchev–Trinajstić information content (AvgIpc) is 2.97. The normalized spacial score (nSPS) is 17.3. The number of hydrogen-bond acceptors (Lipinski definition) is 2. The molecular weight excluding hydrogens is 272 g/mol. The summed E-state index contributed by atoms with van der Waals surface area (Å²) in [7, 11) is 0. The maximum absolute atomic E-state index is 11.4. The van der Waals surface area contributed by atoms with E-state index in [4.69, 9.17) is 4.74 Å². The third kappa shape index (κ3) is 3.11. The van der Waals surface area contributed by atoms with Crippen molar-refractivity contribution in [2.24, 2.45) is 0 Å². The molecule has 2 heteroatoms. The summed E-state index contributed by atoms with van der Waals surface area (Å²) in [6.07, 6.45) is 2.87. The highest BCUT2D eigenvalue weighted by Gasteiger charge is 2.27. The molecule has 1 unspecified atom stereocenters. The highest BCUT2D eigenvalue weighted by Crippen LogP contribution is 2.37. The lowest BCUT2D eigenvalue weighted by molar-refractivity contribution is -0.144. The molecule has 1 aliphatic carbocycles. The van der Waals surface area contributed by atoms with Crippen LogP contribution in [-0.2, 0) is 9.53 Å². The van der Waals surface area contributed by atoms with Gasteiger partial charge in [0.1, 0.15) is 6.10 Å². The third-order valence-electron chi connectivity index (χ3n) is 4.06. The van der Waals surface area contributed by atoms with Gasteiger partial charge in [0.25, 0.3) is 0 Å². The lowest BCUT2D eigenvalue weighted by atomic mass is 9.91. The van der Waals surface area contributed by atoms with Crippen molar-refractivity contribution in [1.29, 1.82) is 0 Å². The molecule has 22 heavy (non-hydrogen) atoms. The van der Waals surface area contributed by atoms with E-state index in [0.717, 1.165) is 19.3 Å². The Kier molecular flexibility index (Phi) is 4.38. The molecule has 2 aromatic rings. The van der Waals surface area contributed by atoms with Crippen molar-refractivity contribution in [3.63, 3.8) is 0 Å². The zero-order chi connectivity index (χ0) is 15.4. The lowest BCUT2D eigenvalue weighted by Gasteiger charge is -2.18. The summed E-state index contributed by atoms with van der Waals surface area (Å²) in [4.78, 5) is 11.4. The van der Waals surface area contributed by atoms with Crippen molar-refractivity contribution in [2.75, 3.05) is 0 Å². The Labute approximate surface area is 131 Å². The van der Waals surface area contributed by atoms with Crippen molar-refractivity contribution < 1.29 is 9.53 Å². The maximum Gasteiger partial charge on any atom is 0.303 e. The minimum Gasteiger partial charge on any atom is -0.458 e. The topological polar surface area (TPSA) is 26.3 Å². The van der Waals surface area contributed by atoms with Crippen molar-refractivity contribution >= 4 is 11.5 Å². The van der Waals surface area contributed by atoms with Gasteiger partial charge in [-0.3, -0.25) is 4.79 Å². The summed E-state index contributed by atoms with van der Waals surface area (Å²) >= 11 is 0. The standard InChI is InChI=1S/C20H20O2/c1-15(21)22-19-14-8-13-18(19)20(16-9-4-2-5-10-16)17-11-6-3-7-12-17/h2-7,9-12,19H,8,13-14H2,1H3. The number of ether oxygens (including phenoxy) is 1. The second-order valence-corrected chi connectivity index (χ2v) is 5.62. The van der Waals surface area contributed by atoms with Crippen LogP contribution in [0.25, 0.3) is 5.57 Å². The molecule has 3 rings (SSSR count). The fraction of sp³-hybridized carbons (Fsp3) is 0.250. The number of carbonyl (C=O) groups excluding carboxylic acids is 1. The van der Waals surface area contributed by atoms with Crippen molar-refractivity contribution in [2.45, 2.75) is 32.3 Å².